The number of nitrogens with one attached hydrogen (secondary N) is 2. The number of aromatic nitrogens is 2. The molecule has 0 unspecified atom stereocenters. The predicted octanol–water partition coefficient (Wildman–Crippen LogP) is 5.16. The van der Waals surface area contributed by atoms with Gasteiger partial charge in [0.2, 0.25) is 0 Å². The molecule has 0 aliphatic heterocycles. The van der Waals surface area contributed by atoms with Crippen molar-refractivity contribution in [2.75, 3.05) is 16.4 Å². The fourth-order valence-electron chi connectivity index (χ4n) is 2.15. The molecule has 0 bridgehead atoms. The van der Waals surface area contributed by atoms with Crippen LogP contribution in [0.15, 0.2) is 48.8 Å². The van der Waals surface area contributed by atoms with Gasteiger partial charge in [0.05, 0.1) is 10.7 Å². The number of para-hydroxylation sites is 1. The van der Waals surface area contributed by atoms with Crippen molar-refractivity contribution in [2.45, 2.75) is 6.92 Å². The van der Waals surface area contributed by atoms with Crippen LogP contribution >= 0.6 is 23.2 Å². The molecule has 0 fully saturated rings. The van der Waals surface area contributed by atoms with Crippen molar-refractivity contribution in [1.82, 2.24) is 9.97 Å². The van der Waals surface area contributed by atoms with E-state index in [4.69, 9.17) is 28.9 Å². The normalized spacial score (nSPS) is 10.5. The summed E-state index contributed by atoms with van der Waals surface area (Å²) < 4.78 is 0. The van der Waals surface area contributed by atoms with E-state index in [-0.39, 0.29) is 0 Å². The highest BCUT2D eigenvalue weighted by Crippen LogP contribution is 2.32. The Morgan fingerprint density at radius 2 is 1.58 bits per heavy atom. The Bertz CT molecular complexity index is 883. The number of benzene rings is 2. The lowest BCUT2D eigenvalue weighted by molar-refractivity contribution is 1.17. The second kappa shape index (κ2) is 6.95. The quantitative estimate of drug-likeness (QED) is 0.599. The molecule has 3 aromatic rings. The molecule has 4 N–H and O–H groups in total. The summed E-state index contributed by atoms with van der Waals surface area (Å²) in [5.41, 5.74) is 9.26. The van der Waals surface area contributed by atoms with Crippen LogP contribution in [0.4, 0.5) is 28.7 Å². The lowest BCUT2D eigenvalue weighted by Gasteiger charge is -2.14. The van der Waals surface area contributed by atoms with E-state index in [0.717, 1.165) is 11.3 Å². The third-order valence-corrected chi connectivity index (χ3v) is 4.01. The lowest BCUT2D eigenvalue weighted by atomic mass is 10.2. The van der Waals surface area contributed by atoms with Crippen LogP contribution in [0.1, 0.15) is 5.56 Å². The van der Waals surface area contributed by atoms with E-state index in [0.29, 0.717) is 33.1 Å². The highest BCUT2D eigenvalue weighted by molar-refractivity contribution is 6.36. The van der Waals surface area contributed by atoms with Crippen LogP contribution in [-0.2, 0) is 0 Å². The first-order valence-electron chi connectivity index (χ1n) is 7.20. The highest BCUT2D eigenvalue weighted by atomic mass is 35.5. The van der Waals surface area contributed by atoms with Crippen LogP contribution in [0.25, 0.3) is 0 Å². The Morgan fingerprint density at radius 1 is 0.917 bits per heavy atom. The van der Waals surface area contributed by atoms with Gasteiger partial charge < -0.3 is 16.4 Å². The molecule has 7 heteroatoms. The number of nitrogens with zero attached hydrogens (tertiary/aromatic N) is 2. The smallest absolute Gasteiger partial charge is 0.159 e. The van der Waals surface area contributed by atoms with Gasteiger partial charge in [-0.05, 0) is 36.8 Å². The number of hydrogen-bond acceptors (Lipinski definition) is 5. The van der Waals surface area contributed by atoms with Gasteiger partial charge in [0.1, 0.15) is 12.0 Å². The van der Waals surface area contributed by atoms with Crippen molar-refractivity contribution in [3.05, 3.63) is 64.4 Å². The van der Waals surface area contributed by atoms with Crippen LogP contribution in [-0.4, -0.2) is 9.97 Å². The van der Waals surface area contributed by atoms with E-state index in [1.54, 1.807) is 18.2 Å². The van der Waals surface area contributed by atoms with Crippen LogP contribution in [0.3, 0.4) is 0 Å². The summed E-state index contributed by atoms with van der Waals surface area (Å²) in [6.07, 6.45) is 1.43. The van der Waals surface area contributed by atoms with Gasteiger partial charge in [0, 0.05) is 10.7 Å². The van der Waals surface area contributed by atoms with Crippen molar-refractivity contribution >= 4 is 51.9 Å². The Kier molecular flexibility index (Phi) is 4.74. The van der Waals surface area contributed by atoms with Gasteiger partial charge in [-0.2, -0.15) is 0 Å². The first kappa shape index (κ1) is 16.4. The summed E-state index contributed by atoms with van der Waals surface area (Å²) in [6.45, 7) is 2.01. The lowest BCUT2D eigenvalue weighted by Crippen LogP contribution is -2.05. The monoisotopic (exact) mass is 359 g/mol. The van der Waals surface area contributed by atoms with Crippen molar-refractivity contribution in [3.63, 3.8) is 0 Å². The molecule has 0 aliphatic rings. The van der Waals surface area contributed by atoms with Crippen LogP contribution in [0, 0.1) is 6.92 Å². The zero-order valence-electron chi connectivity index (χ0n) is 12.8. The molecule has 0 saturated heterocycles. The second-order valence-electron chi connectivity index (χ2n) is 5.17. The Balaban J connectivity index is 1.89. The van der Waals surface area contributed by atoms with E-state index < -0.39 is 0 Å². The molecular formula is C17H15Cl2N5. The predicted molar refractivity (Wildman–Crippen MR) is 101 cm³/mol. The van der Waals surface area contributed by atoms with Gasteiger partial charge >= 0.3 is 0 Å². The molecule has 24 heavy (non-hydrogen) atoms. The topological polar surface area (TPSA) is 75.9 Å². The molecule has 0 amide bonds. The molecule has 0 saturated carbocycles. The van der Waals surface area contributed by atoms with E-state index >= 15 is 0 Å². The van der Waals surface area contributed by atoms with Gasteiger partial charge in [-0.25, -0.2) is 9.97 Å². The van der Waals surface area contributed by atoms with E-state index in [1.165, 1.54) is 6.33 Å². The summed E-state index contributed by atoms with van der Waals surface area (Å²) in [6, 6.07) is 13.0. The van der Waals surface area contributed by atoms with E-state index in [2.05, 4.69) is 20.6 Å². The first-order chi connectivity index (χ1) is 11.5. The van der Waals surface area contributed by atoms with Gasteiger partial charge in [0.25, 0.3) is 0 Å². The van der Waals surface area contributed by atoms with Crippen molar-refractivity contribution < 1.29 is 0 Å². The Morgan fingerprint density at radius 3 is 2.25 bits per heavy atom. The van der Waals surface area contributed by atoms with E-state index in [9.17, 15) is 0 Å². The summed E-state index contributed by atoms with van der Waals surface area (Å²) in [5, 5.41) is 7.36. The molecule has 1 heterocycles. The standard InChI is InChI=1S/C17H15Cl2N5/c1-10-4-2-3-5-13(10)23-16-15(20)17(22-9-21-16)24-14-7-6-11(18)8-12(14)19/h2-9H,20H2,1H3,(H2,21,22,23,24). The molecule has 0 aliphatic carbocycles. The molecule has 122 valence electrons. The molecule has 5 nitrogen and oxygen atoms in total. The zero-order valence-corrected chi connectivity index (χ0v) is 14.4. The van der Waals surface area contributed by atoms with Crippen molar-refractivity contribution in [3.8, 4) is 0 Å². The molecule has 3 rings (SSSR count). The average Bonchev–Trinajstić information content (AvgIpc) is 2.55. The van der Waals surface area contributed by atoms with Crippen LogP contribution in [0.2, 0.25) is 10.0 Å². The third-order valence-electron chi connectivity index (χ3n) is 3.47. The minimum absolute atomic E-state index is 0.395. The maximum Gasteiger partial charge on any atom is 0.159 e. The maximum atomic E-state index is 6.19. The molecule has 1 aromatic heterocycles. The Labute approximate surface area is 149 Å². The van der Waals surface area contributed by atoms with Gasteiger partial charge in [-0.1, -0.05) is 41.4 Å². The third kappa shape index (κ3) is 3.53. The number of hydrogen-bond donors (Lipinski definition) is 3. The number of nitrogens with two attached hydrogens (primary N) is 1. The number of rotatable bonds is 4. The summed E-state index contributed by atoms with van der Waals surface area (Å²) in [4.78, 5) is 8.40. The van der Waals surface area contributed by atoms with Crippen molar-refractivity contribution in [2.24, 2.45) is 0 Å². The second-order valence-corrected chi connectivity index (χ2v) is 6.02. The fraction of sp³-hybridized carbons (Fsp3) is 0.0588. The molecule has 0 spiro atoms. The highest BCUT2D eigenvalue weighted by Gasteiger charge is 2.11. The van der Waals surface area contributed by atoms with Gasteiger partial charge in [0.15, 0.2) is 11.6 Å². The van der Waals surface area contributed by atoms with Crippen LogP contribution in [0.5, 0.6) is 0 Å². The van der Waals surface area contributed by atoms with Crippen molar-refractivity contribution in [1.29, 1.82) is 0 Å². The summed E-state index contributed by atoms with van der Waals surface area (Å²) in [7, 11) is 0. The fourth-order valence-corrected chi connectivity index (χ4v) is 2.61. The molecule has 2 aromatic carbocycles. The summed E-state index contributed by atoms with van der Waals surface area (Å²) in [5.74, 6) is 0.984. The summed E-state index contributed by atoms with van der Waals surface area (Å²) >= 11 is 12.1. The largest absolute Gasteiger partial charge is 0.393 e. The minimum Gasteiger partial charge on any atom is -0.393 e. The average molecular weight is 360 g/mol. The minimum atomic E-state index is 0.395. The SMILES string of the molecule is Cc1ccccc1Nc1ncnc(Nc2ccc(Cl)cc2Cl)c1N. The number of aryl methyl sites for hydroxylation is 1. The van der Waals surface area contributed by atoms with Crippen LogP contribution < -0.4 is 16.4 Å². The number of anilines is 5. The molecule has 0 radical (unpaired) electrons. The number of nitrogen functional groups attached to an aromatic ring is 1. The molecule has 0 atom stereocenters. The van der Waals surface area contributed by atoms with E-state index in [1.807, 2.05) is 31.2 Å². The maximum absolute atomic E-state index is 6.19. The zero-order chi connectivity index (χ0) is 17.1. The number of halogens is 2. The van der Waals surface area contributed by atoms with Gasteiger partial charge in [-0.3, -0.25) is 0 Å². The Hall–Kier alpha value is -2.50. The van der Waals surface area contributed by atoms with Gasteiger partial charge in [-0.15, -0.1) is 0 Å². The first-order valence-corrected chi connectivity index (χ1v) is 7.95. The molecular weight excluding hydrogens is 345 g/mol.